The number of aromatic nitrogens is 3. The van der Waals surface area contributed by atoms with Gasteiger partial charge in [0.2, 0.25) is 0 Å². The van der Waals surface area contributed by atoms with Gasteiger partial charge in [0, 0.05) is 18.8 Å². The molecule has 2 N–H and O–H groups in total. The standard InChI is InChI=1S/C25H33N7/c1-2-26-25(28-18-24-30-29-20-32(24)23-9-5-3-6-10-23)27-17-21-11-13-22(14-12-21)19-31-15-7-4-8-16-31/h3,5-6,9-14,20H,2,4,7-8,15-19H2,1H3,(H2,26,27,28). The second-order valence-corrected chi connectivity index (χ2v) is 8.15. The molecule has 2 aromatic carbocycles. The highest BCUT2D eigenvalue weighted by molar-refractivity contribution is 5.79. The minimum absolute atomic E-state index is 0.537. The van der Waals surface area contributed by atoms with Crippen molar-refractivity contribution in [1.29, 1.82) is 0 Å². The molecule has 168 valence electrons. The number of likely N-dealkylation sites (tertiary alicyclic amines) is 1. The van der Waals surface area contributed by atoms with Crippen LogP contribution in [0.25, 0.3) is 5.69 Å². The van der Waals surface area contributed by atoms with Crippen LogP contribution in [0.15, 0.2) is 65.9 Å². The molecule has 1 aliphatic heterocycles. The Kier molecular flexibility index (Phi) is 7.87. The van der Waals surface area contributed by atoms with Gasteiger partial charge in [-0.15, -0.1) is 10.2 Å². The highest BCUT2D eigenvalue weighted by Crippen LogP contribution is 2.14. The smallest absolute Gasteiger partial charge is 0.191 e. The van der Waals surface area contributed by atoms with Crippen LogP contribution in [-0.4, -0.2) is 45.3 Å². The first-order valence-electron chi connectivity index (χ1n) is 11.6. The quantitative estimate of drug-likeness (QED) is 0.422. The van der Waals surface area contributed by atoms with Crippen LogP contribution >= 0.6 is 0 Å². The zero-order chi connectivity index (χ0) is 22.0. The molecule has 1 saturated heterocycles. The van der Waals surface area contributed by atoms with Gasteiger partial charge >= 0.3 is 0 Å². The molecule has 0 amide bonds. The van der Waals surface area contributed by atoms with Crippen LogP contribution in [0.2, 0.25) is 0 Å². The minimum Gasteiger partial charge on any atom is -0.357 e. The summed E-state index contributed by atoms with van der Waals surface area (Å²) in [4.78, 5) is 7.31. The molecule has 1 aromatic heterocycles. The number of piperidine rings is 1. The van der Waals surface area contributed by atoms with Gasteiger partial charge in [-0.3, -0.25) is 9.47 Å². The van der Waals surface area contributed by atoms with Crippen LogP contribution in [0.5, 0.6) is 0 Å². The summed E-state index contributed by atoms with van der Waals surface area (Å²) in [6.07, 6.45) is 5.77. The van der Waals surface area contributed by atoms with Crippen molar-refractivity contribution in [1.82, 2.24) is 30.3 Å². The highest BCUT2D eigenvalue weighted by Gasteiger charge is 2.10. The van der Waals surface area contributed by atoms with E-state index in [0.29, 0.717) is 13.1 Å². The van der Waals surface area contributed by atoms with E-state index in [-0.39, 0.29) is 0 Å². The van der Waals surface area contributed by atoms with Crippen molar-refractivity contribution < 1.29 is 0 Å². The van der Waals surface area contributed by atoms with Gasteiger partial charge in [0.05, 0.1) is 13.1 Å². The van der Waals surface area contributed by atoms with Gasteiger partial charge in [0.15, 0.2) is 11.8 Å². The molecule has 0 spiro atoms. The zero-order valence-electron chi connectivity index (χ0n) is 18.9. The summed E-state index contributed by atoms with van der Waals surface area (Å²) in [6, 6.07) is 19.0. The largest absolute Gasteiger partial charge is 0.357 e. The summed E-state index contributed by atoms with van der Waals surface area (Å²) < 4.78 is 1.98. The molecule has 4 rings (SSSR count). The van der Waals surface area contributed by atoms with E-state index >= 15 is 0 Å². The molecular weight excluding hydrogens is 398 g/mol. The first kappa shape index (κ1) is 22.0. The molecule has 0 saturated carbocycles. The molecule has 7 nitrogen and oxygen atoms in total. The Balaban J connectivity index is 1.34. The predicted molar refractivity (Wildman–Crippen MR) is 129 cm³/mol. The van der Waals surface area contributed by atoms with Crippen molar-refractivity contribution in [2.45, 2.75) is 45.8 Å². The second-order valence-electron chi connectivity index (χ2n) is 8.15. The third-order valence-electron chi connectivity index (χ3n) is 5.71. The molecular formula is C25H33N7. The molecule has 3 aromatic rings. The van der Waals surface area contributed by atoms with Crippen molar-refractivity contribution >= 4 is 5.96 Å². The Morgan fingerprint density at radius 1 is 0.938 bits per heavy atom. The lowest BCUT2D eigenvalue weighted by Gasteiger charge is -2.26. The molecule has 7 heteroatoms. The van der Waals surface area contributed by atoms with Gasteiger partial charge in [-0.25, -0.2) is 4.99 Å². The van der Waals surface area contributed by atoms with Gasteiger partial charge in [0.1, 0.15) is 6.33 Å². The Bertz CT molecular complexity index is 973. The van der Waals surface area contributed by atoms with E-state index in [4.69, 9.17) is 4.99 Å². The number of rotatable bonds is 8. The lowest BCUT2D eigenvalue weighted by atomic mass is 10.1. The number of guanidine groups is 1. The normalized spacial score (nSPS) is 15.0. The van der Waals surface area contributed by atoms with E-state index in [9.17, 15) is 0 Å². The first-order valence-corrected chi connectivity index (χ1v) is 11.6. The van der Waals surface area contributed by atoms with Gasteiger partial charge in [-0.05, 0) is 56.1 Å². The number of aliphatic imine (C=N–C) groups is 1. The summed E-state index contributed by atoms with van der Waals surface area (Å²) in [7, 11) is 0. The fourth-order valence-electron chi connectivity index (χ4n) is 3.98. The van der Waals surface area contributed by atoms with Crippen LogP contribution in [0.1, 0.15) is 43.1 Å². The maximum Gasteiger partial charge on any atom is 0.191 e. The predicted octanol–water partition coefficient (Wildman–Crippen LogP) is 3.51. The van der Waals surface area contributed by atoms with E-state index < -0.39 is 0 Å². The lowest BCUT2D eigenvalue weighted by Crippen LogP contribution is -2.37. The van der Waals surface area contributed by atoms with Gasteiger partial charge in [-0.2, -0.15) is 0 Å². The Hall–Kier alpha value is -3.19. The Labute approximate surface area is 190 Å². The molecule has 0 bridgehead atoms. The van der Waals surface area contributed by atoms with Crippen molar-refractivity contribution in [3.8, 4) is 5.69 Å². The van der Waals surface area contributed by atoms with Crippen molar-refractivity contribution in [2.24, 2.45) is 4.99 Å². The maximum absolute atomic E-state index is 4.76. The third kappa shape index (κ3) is 6.17. The van der Waals surface area contributed by atoms with Crippen LogP contribution in [0, 0.1) is 0 Å². The lowest BCUT2D eigenvalue weighted by molar-refractivity contribution is 0.221. The first-order chi connectivity index (χ1) is 15.8. The zero-order valence-corrected chi connectivity index (χ0v) is 18.9. The fourth-order valence-corrected chi connectivity index (χ4v) is 3.98. The van der Waals surface area contributed by atoms with Crippen molar-refractivity contribution in [3.05, 3.63) is 77.9 Å². The topological polar surface area (TPSA) is 70.4 Å². The average Bonchev–Trinajstić information content (AvgIpc) is 3.32. The van der Waals surface area contributed by atoms with E-state index in [1.807, 2.05) is 34.9 Å². The molecule has 32 heavy (non-hydrogen) atoms. The van der Waals surface area contributed by atoms with Gasteiger partial charge in [0.25, 0.3) is 0 Å². The Morgan fingerprint density at radius 3 is 2.44 bits per heavy atom. The van der Waals surface area contributed by atoms with Crippen LogP contribution in [0.3, 0.4) is 0 Å². The minimum atomic E-state index is 0.537. The summed E-state index contributed by atoms with van der Waals surface area (Å²) in [5.41, 5.74) is 3.63. The maximum atomic E-state index is 4.76. The van der Waals surface area contributed by atoms with Crippen LogP contribution < -0.4 is 10.6 Å². The summed E-state index contributed by atoms with van der Waals surface area (Å²) in [6.45, 7) is 7.53. The molecule has 0 aliphatic carbocycles. The fraction of sp³-hybridized carbons (Fsp3) is 0.400. The number of nitrogens with zero attached hydrogens (tertiary/aromatic N) is 5. The van der Waals surface area contributed by atoms with E-state index in [0.717, 1.165) is 30.6 Å². The summed E-state index contributed by atoms with van der Waals surface area (Å²) >= 11 is 0. The number of hydrogen-bond acceptors (Lipinski definition) is 4. The van der Waals surface area contributed by atoms with Gasteiger partial charge < -0.3 is 10.6 Å². The molecule has 0 atom stereocenters. The van der Waals surface area contributed by atoms with Crippen LogP contribution in [0.4, 0.5) is 0 Å². The molecule has 2 heterocycles. The molecule has 0 radical (unpaired) electrons. The summed E-state index contributed by atoms with van der Waals surface area (Å²) in [5.74, 6) is 1.61. The van der Waals surface area contributed by atoms with E-state index in [1.54, 1.807) is 6.33 Å². The SMILES string of the molecule is CCNC(=NCc1ccc(CN2CCCCC2)cc1)NCc1nncn1-c1ccccc1. The van der Waals surface area contributed by atoms with E-state index in [2.05, 4.69) is 56.9 Å². The number of nitrogens with one attached hydrogen (secondary N) is 2. The highest BCUT2D eigenvalue weighted by atomic mass is 15.3. The monoisotopic (exact) mass is 431 g/mol. The number of benzene rings is 2. The van der Waals surface area contributed by atoms with Crippen molar-refractivity contribution in [3.63, 3.8) is 0 Å². The van der Waals surface area contributed by atoms with Gasteiger partial charge in [-0.1, -0.05) is 48.9 Å². The summed E-state index contributed by atoms with van der Waals surface area (Å²) in [5, 5.41) is 15.0. The third-order valence-corrected chi connectivity index (χ3v) is 5.71. The van der Waals surface area contributed by atoms with Crippen molar-refractivity contribution in [2.75, 3.05) is 19.6 Å². The average molecular weight is 432 g/mol. The second kappa shape index (κ2) is 11.4. The number of hydrogen-bond donors (Lipinski definition) is 2. The molecule has 1 aliphatic rings. The van der Waals surface area contributed by atoms with E-state index in [1.165, 1.54) is 43.5 Å². The number of para-hydroxylation sites is 1. The van der Waals surface area contributed by atoms with Crippen LogP contribution in [-0.2, 0) is 19.6 Å². The molecule has 1 fully saturated rings. The molecule has 0 unspecified atom stereocenters. The Morgan fingerprint density at radius 2 is 1.69 bits per heavy atom.